The van der Waals surface area contributed by atoms with Crippen LogP contribution < -0.4 is 56.5 Å². The van der Waals surface area contributed by atoms with Crippen LogP contribution in [0.4, 0.5) is 0 Å². The maximum atomic E-state index is 10.4. The van der Waals surface area contributed by atoms with Crippen molar-refractivity contribution < 1.29 is 56.5 Å². The van der Waals surface area contributed by atoms with Crippen LogP contribution in [0.25, 0.3) is 0 Å². The van der Waals surface area contributed by atoms with Crippen molar-refractivity contribution in [3.63, 3.8) is 0 Å². The summed E-state index contributed by atoms with van der Waals surface area (Å²) in [7, 11) is 0. The summed E-state index contributed by atoms with van der Waals surface area (Å²) in [5, 5.41) is 10.5. The molecule has 0 aliphatic heterocycles. The Morgan fingerprint density at radius 2 is 1.78 bits per heavy atom. The predicted molar refractivity (Wildman–Crippen MR) is 33.3 cm³/mol. The Balaban J connectivity index is 0. The molecule has 0 spiro atoms. The molecule has 0 heterocycles. The van der Waals surface area contributed by atoms with E-state index in [1.807, 2.05) is 0 Å². The van der Waals surface area contributed by atoms with Crippen LogP contribution in [0, 0.1) is 0 Å². The molecule has 0 aliphatic carbocycles. The Kier molecular flexibility index (Phi) is 9.89. The van der Waals surface area contributed by atoms with Crippen LogP contribution in [0.1, 0.15) is 0 Å². The van der Waals surface area contributed by atoms with Gasteiger partial charge in [-0.25, -0.2) is 0 Å². The van der Waals surface area contributed by atoms with Crippen molar-refractivity contribution in [1.82, 2.24) is 0 Å². The fraction of sp³-hybridized carbons (Fsp3) is 0. The maximum Gasteiger partial charge on any atom is 1.00 e. The van der Waals surface area contributed by atoms with Crippen molar-refractivity contribution in [2.45, 2.75) is 0 Å². The van der Waals surface area contributed by atoms with Gasteiger partial charge < -0.3 is 5.11 Å². The van der Waals surface area contributed by atoms with Gasteiger partial charge in [-0.2, -0.15) is 0 Å². The van der Waals surface area contributed by atoms with Crippen LogP contribution in [0.3, 0.4) is 0 Å². The minimum atomic E-state index is -0.290. The van der Waals surface area contributed by atoms with Gasteiger partial charge in [0.2, 0.25) is 0 Å². The number of allylic oxidation sites excluding steroid dienone is 3. The van der Waals surface area contributed by atoms with E-state index in [9.17, 15) is 5.11 Å². The summed E-state index contributed by atoms with van der Waals surface area (Å²) in [6.45, 7) is 6.52. The molecule has 0 aliphatic rings. The van der Waals surface area contributed by atoms with E-state index in [4.69, 9.17) is 11.6 Å². The smallest absolute Gasteiger partial charge is 0.871 e. The molecule has 0 bridgehead atoms. The molecule has 9 heavy (non-hydrogen) atoms. The fourth-order valence-corrected chi connectivity index (χ4v) is 0.275. The summed E-state index contributed by atoms with van der Waals surface area (Å²) in [5.74, 6) is -0.290. The second-order valence-electron chi connectivity index (χ2n) is 1.12. The second kappa shape index (κ2) is 7.06. The molecule has 0 aromatic heterocycles. The summed E-state index contributed by atoms with van der Waals surface area (Å²) in [6, 6.07) is 0. The minimum Gasteiger partial charge on any atom is -0.871 e. The molecule has 0 saturated carbocycles. The first kappa shape index (κ1) is 12.6. The first-order valence-corrected chi connectivity index (χ1v) is 2.41. The predicted octanol–water partition coefficient (Wildman–Crippen LogP) is -1.83. The van der Waals surface area contributed by atoms with Crippen LogP contribution in [-0.2, 0) is 0 Å². The van der Waals surface area contributed by atoms with E-state index < -0.39 is 0 Å². The fourth-order valence-electron chi connectivity index (χ4n) is 0.198. The molecular formula is C6H6ClKO. The van der Waals surface area contributed by atoms with E-state index in [2.05, 4.69) is 13.2 Å². The van der Waals surface area contributed by atoms with Gasteiger partial charge in [-0.15, -0.1) is 0 Å². The molecule has 1 nitrogen and oxygen atoms in total. The molecule has 0 aromatic carbocycles. The zero-order valence-electron chi connectivity index (χ0n) is 5.36. The van der Waals surface area contributed by atoms with Gasteiger partial charge in [-0.1, -0.05) is 42.7 Å². The van der Waals surface area contributed by atoms with E-state index in [0.717, 1.165) is 6.08 Å². The summed E-state index contributed by atoms with van der Waals surface area (Å²) >= 11 is 5.29. The van der Waals surface area contributed by atoms with Crippen LogP contribution in [0.15, 0.2) is 36.1 Å². The summed E-state index contributed by atoms with van der Waals surface area (Å²) in [4.78, 5) is 0. The largest absolute Gasteiger partial charge is 1.00 e. The van der Waals surface area contributed by atoms with E-state index in [1.54, 1.807) is 0 Å². The van der Waals surface area contributed by atoms with Crippen molar-refractivity contribution in [3.05, 3.63) is 36.1 Å². The normalized spacial score (nSPS) is 10.8. The van der Waals surface area contributed by atoms with Crippen molar-refractivity contribution in [1.29, 1.82) is 0 Å². The van der Waals surface area contributed by atoms with Gasteiger partial charge in [0.15, 0.2) is 0 Å². The molecule has 0 saturated heterocycles. The monoisotopic (exact) mass is 168 g/mol. The molecule has 0 fully saturated rings. The first-order chi connectivity index (χ1) is 3.72. The number of halogens is 1. The molecule has 44 valence electrons. The molecule has 0 aromatic rings. The summed E-state index contributed by atoms with van der Waals surface area (Å²) in [5.41, 5.74) is 0. The third-order valence-electron chi connectivity index (χ3n) is 0.600. The third kappa shape index (κ3) is 5.39. The first-order valence-electron chi connectivity index (χ1n) is 2.04. The van der Waals surface area contributed by atoms with Crippen molar-refractivity contribution in [3.8, 4) is 0 Å². The zero-order chi connectivity index (χ0) is 6.57. The average Bonchev–Trinajstić information content (AvgIpc) is 1.84. The summed E-state index contributed by atoms with van der Waals surface area (Å²) < 4.78 is 0. The molecule has 0 N–H and O–H groups in total. The van der Waals surface area contributed by atoms with Gasteiger partial charge >= 0.3 is 51.4 Å². The van der Waals surface area contributed by atoms with Crippen molar-refractivity contribution in [2.75, 3.05) is 0 Å². The van der Waals surface area contributed by atoms with Gasteiger partial charge in [0.05, 0.1) is 0 Å². The van der Waals surface area contributed by atoms with E-state index in [0.29, 0.717) is 0 Å². The zero-order valence-corrected chi connectivity index (χ0v) is 9.23. The Morgan fingerprint density at radius 3 is 1.89 bits per heavy atom. The van der Waals surface area contributed by atoms with Crippen molar-refractivity contribution >= 4 is 11.6 Å². The molecule has 3 heteroatoms. The molecule has 0 atom stereocenters. The van der Waals surface area contributed by atoms with Gasteiger partial charge in [0.25, 0.3) is 0 Å². The van der Waals surface area contributed by atoms with Gasteiger partial charge in [0.1, 0.15) is 0 Å². The molecule has 0 radical (unpaired) electrons. The SMILES string of the molecule is C=C/C([O-])=C(/Cl)C=C.[K+]. The number of rotatable bonds is 2. The Morgan fingerprint density at radius 1 is 1.33 bits per heavy atom. The van der Waals surface area contributed by atoms with Crippen LogP contribution >= 0.6 is 11.6 Å². The number of hydrogen-bond acceptors (Lipinski definition) is 1. The molecule has 0 unspecified atom stereocenters. The van der Waals surface area contributed by atoms with E-state index in [-0.39, 0.29) is 62.2 Å². The Hall–Kier alpha value is 0.946. The standard InChI is InChI=1S/C6H7ClO.K/c1-3-5(7)6(8)4-2;/h3-4,8H,1-2H2;/q;+1/p-1/b6-5-;. The Labute approximate surface area is 103 Å². The minimum absolute atomic E-state index is 0. The van der Waals surface area contributed by atoms with Gasteiger partial charge in [0, 0.05) is 5.03 Å². The molecule has 0 amide bonds. The van der Waals surface area contributed by atoms with Gasteiger partial charge in [-0.3, -0.25) is 0 Å². The van der Waals surface area contributed by atoms with Crippen LogP contribution in [0.5, 0.6) is 0 Å². The Bertz CT molecular complexity index is 124. The quantitative estimate of drug-likeness (QED) is 0.271. The number of hydrogen-bond donors (Lipinski definition) is 0. The van der Waals surface area contributed by atoms with E-state index >= 15 is 0 Å². The molecular weight excluding hydrogens is 163 g/mol. The van der Waals surface area contributed by atoms with Crippen molar-refractivity contribution in [2.24, 2.45) is 0 Å². The third-order valence-corrected chi connectivity index (χ3v) is 0.941. The van der Waals surface area contributed by atoms with Gasteiger partial charge in [-0.05, 0) is 0 Å². The topological polar surface area (TPSA) is 23.1 Å². The maximum absolute atomic E-state index is 10.4. The van der Waals surface area contributed by atoms with Crippen LogP contribution in [-0.4, -0.2) is 0 Å². The molecule has 0 rings (SSSR count). The van der Waals surface area contributed by atoms with Crippen LogP contribution in [0.2, 0.25) is 0 Å². The second-order valence-corrected chi connectivity index (χ2v) is 1.53. The average molecular weight is 169 g/mol. The van der Waals surface area contributed by atoms with E-state index in [1.165, 1.54) is 6.08 Å². The summed E-state index contributed by atoms with van der Waals surface area (Å²) in [6.07, 6.45) is 2.43.